The van der Waals surface area contributed by atoms with Crippen LogP contribution in [0.2, 0.25) is 0 Å². The fourth-order valence-electron chi connectivity index (χ4n) is 6.36. The highest BCUT2D eigenvalue weighted by Gasteiger charge is 2.13. The van der Waals surface area contributed by atoms with Crippen molar-refractivity contribution >= 4 is 0 Å². The average Bonchev–Trinajstić information content (AvgIpc) is 2.88. The first kappa shape index (κ1) is 41.4. The number of rotatable bonds is 27. The van der Waals surface area contributed by atoms with Crippen molar-refractivity contribution in [3.8, 4) is 0 Å². The molecule has 42 heavy (non-hydrogen) atoms. The largest absolute Gasteiger partial charge is 0.386 e. The van der Waals surface area contributed by atoms with Crippen molar-refractivity contribution in [3.05, 3.63) is 23.3 Å². The molecule has 0 aliphatic carbocycles. The van der Waals surface area contributed by atoms with Crippen LogP contribution >= 0.6 is 0 Å². The van der Waals surface area contributed by atoms with Crippen molar-refractivity contribution in [1.29, 1.82) is 0 Å². The molecule has 250 valence electrons. The second-order valence-electron chi connectivity index (χ2n) is 15.7. The van der Waals surface area contributed by atoms with Crippen molar-refractivity contribution in [2.45, 2.75) is 197 Å². The van der Waals surface area contributed by atoms with E-state index in [1.54, 1.807) is 0 Å². The van der Waals surface area contributed by atoms with Crippen molar-refractivity contribution in [3.63, 3.8) is 0 Å². The van der Waals surface area contributed by atoms with Crippen molar-refractivity contribution < 1.29 is 10.2 Å². The molecule has 0 saturated carbocycles. The normalized spacial score (nSPS) is 17.5. The van der Waals surface area contributed by atoms with Gasteiger partial charge in [0, 0.05) is 0 Å². The van der Waals surface area contributed by atoms with Gasteiger partial charge in [0.1, 0.15) is 12.2 Å². The van der Waals surface area contributed by atoms with Crippen molar-refractivity contribution in [1.82, 2.24) is 0 Å². The quantitative estimate of drug-likeness (QED) is 0.0934. The third-order valence-corrected chi connectivity index (χ3v) is 9.54. The van der Waals surface area contributed by atoms with Gasteiger partial charge in [-0.15, -0.1) is 0 Å². The zero-order valence-electron chi connectivity index (χ0n) is 30.4. The van der Waals surface area contributed by atoms with Crippen LogP contribution in [0.25, 0.3) is 0 Å². The summed E-state index contributed by atoms with van der Waals surface area (Å²) in [6.45, 7) is 23.1. The number of hydrogen-bond donors (Lipinski definition) is 2. The van der Waals surface area contributed by atoms with Crippen LogP contribution < -0.4 is 0 Å². The van der Waals surface area contributed by atoms with Crippen LogP contribution in [0.15, 0.2) is 23.3 Å². The molecule has 2 heteroatoms. The van der Waals surface area contributed by atoms with Gasteiger partial charge >= 0.3 is 0 Å². The predicted octanol–water partition coefficient (Wildman–Crippen LogP) is 12.5. The molecule has 0 bridgehead atoms. The van der Waals surface area contributed by atoms with Gasteiger partial charge < -0.3 is 10.2 Å². The summed E-state index contributed by atoms with van der Waals surface area (Å²) in [6, 6.07) is 0. The molecule has 0 aromatic carbocycles. The molecule has 0 aliphatic heterocycles. The molecule has 0 spiro atoms. The van der Waals surface area contributed by atoms with Crippen LogP contribution in [0.3, 0.4) is 0 Å². The van der Waals surface area contributed by atoms with Gasteiger partial charge in [-0.05, 0) is 75.0 Å². The highest BCUT2D eigenvalue weighted by Crippen LogP contribution is 2.24. The molecule has 2 nitrogen and oxygen atoms in total. The minimum Gasteiger partial charge on any atom is -0.386 e. The van der Waals surface area contributed by atoms with Gasteiger partial charge in [-0.1, -0.05) is 169 Å². The monoisotopic (exact) mass is 591 g/mol. The molecule has 6 atom stereocenters. The lowest BCUT2D eigenvalue weighted by Crippen LogP contribution is -2.22. The molecule has 0 saturated heterocycles. The van der Waals surface area contributed by atoms with Crippen LogP contribution in [0, 0.1) is 35.5 Å². The first-order valence-corrected chi connectivity index (χ1v) is 18.5. The van der Waals surface area contributed by atoms with E-state index in [2.05, 4.69) is 69.2 Å². The van der Waals surface area contributed by atoms with Gasteiger partial charge in [0.2, 0.25) is 0 Å². The van der Waals surface area contributed by atoms with E-state index in [0.29, 0.717) is 0 Å². The van der Waals surface area contributed by atoms with Crippen molar-refractivity contribution in [2.24, 2.45) is 35.5 Å². The topological polar surface area (TPSA) is 40.5 Å². The Morgan fingerprint density at radius 3 is 0.905 bits per heavy atom. The first-order chi connectivity index (χ1) is 19.8. The summed E-state index contributed by atoms with van der Waals surface area (Å²) >= 11 is 0. The van der Waals surface area contributed by atoms with Gasteiger partial charge in [-0.25, -0.2) is 0 Å². The molecule has 0 aromatic rings. The number of aliphatic hydroxyl groups is 2. The van der Waals surface area contributed by atoms with Gasteiger partial charge in [0.15, 0.2) is 0 Å². The highest BCUT2D eigenvalue weighted by molar-refractivity contribution is 5.10. The lowest BCUT2D eigenvalue weighted by atomic mass is 9.91. The van der Waals surface area contributed by atoms with E-state index in [-0.39, 0.29) is 0 Å². The van der Waals surface area contributed by atoms with Gasteiger partial charge in [0.25, 0.3) is 0 Å². The van der Waals surface area contributed by atoms with Crippen LogP contribution in [0.1, 0.15) is 185 Å². The Morgan fingerprint density at radius 2 is 0.643 bits per heavy atom. The minimum absolute atomic E-state index is 0.771. The van der Waals surface area contributed by atoms with Crippen LogP contribution in [-0.2, 0) is 0 Å². The SMILES string of the molecule is C/C(=C\C(O)C(O)/C=C(\C)CCC[C@H](C)CCC[C@H](C)CCCC(C)C)CCC[C@H](C)CCC[C@H](C)CCCC(C)C. The smallest absolute Gasteiger partial charge is 0.102 e. The maximum atomic E-state index is 10.6. The molecule has 2 N–H and O–H groups in total. The van der Waals surface area contributed by atoms with Crippen LogP contribution in [0.5, 0.6) is 0 Å². The maximum Gasteiger partial charge on any atom is 0.102 e. The Balaban J connectivity index is 4.11. The summed E-state index contributed by atoms with van der Waals surface area (Å²) in [5.74, 6) is 4.94. The molecule has 2 unspecified atom stereocenters. The van der Waals surface area contributed by atoms with Crippen LogP contribution in [-0.4, -0.2) is 22.4 Å². The second-order valence-corrected chi connectivity index (χ2v) is 15.7. The third kappa shape index (κ3) is 25.9. The molecule has 0 fully saturated rings. The molecule has 0 aliphatic rings. The van der Waals surface area contributed by atoms with E-state index >= 15 is 0 Å². The van der Waals surface area contributed by atoms with Gasteiger partial charge in [-0.3, -0.25) is 0 Å². The summed E-state index contributed by atoms with van der Waals surface area (Å²) < 4.78 is 0. The molecule has 0 amide bonds. The van der Waals surface area contributed by atoms with E-state index in [4.69, 9.17) is 0 Å². The highest BCUT2D eigenvalue weighted by atomic mass is 16.3. The van der Waals surface area contributed by atoms with E-state index in [9.17, 15) is 10.2 Å². The third-order valence-electron chi connectivity index (χ3n) is 9.54. The summed E-state index contributed by atoms with van der Waals surface area (Å²) in [6.07, 6.45) is 25.4. The fourth-order valence-corrected chi connectivity index (χ4v) is 6.36. The first-order valence-electron chi connectivity index (χ1n) is 18.5. The van der Waals surface area contributed by atoms with E-state index in [1.807, 2.05) is 12.2 Å². The lowest BCUT2D eigenvalue weighted by Gasteiger charge is -2.16. The fraction of sp³-hybridized carbons (Fsp3) is 0.900. The molecule has 0 aromatic heterocycles. The Bertz CT molecular complexity index is 617. The Labute approximate surface area is 265 Å². The molecule has 0 rings (SSSR count). The second kappa shape index (κ2) is 25.7. The number of aliphatic hydroxyl groups excluding tert-OH is 2. The Hall–Kier alpha value is -0.600. The van der Waals surface area contributed by atoms with E-state index in [0.717, 1.165) is 48.3 Å². The molecule has 0 radical (unpaired) electrons. The average molecular weight is 591 g/mol. The zero-order chi connectivity index (χ0) is 31.9. The maximum absolute atomic E-state index is 10.6. The molecule has 0 heterocycles. The van der Waals surface area contributed by atoms with Gasteiger partial charge in [-0.2, -0.15) is 0 Å². The molecular weight excluding hydrogens is 512 g/mol. The van der Waals surface area contributed by atoms with Gasteiger partial charge in [0.05, 0.1) is 0 Å². The lowest BCUT2D eigenvalue weighted by molar-refractivity contribution is 0.0795. The number of allylic oxidation sites excluding steroid dienone is 2. The Kier molecular flexibility index (Phi) is 25.3. The summed E-state index contributed by atoms with van der Waals surface area (Å²) in [5, 5.41) is 21.1. The number of hydrogen-bond acceptors (Lipinski definition) is 2. The zero-order valence-corrected chi connectivity index (χ0v) is 30.4. The van der Waals surface area contributed by atoms with E-state index in [1.165, 1.54) is 114 Å². The van der Waals surface area contributed by atoms with Crippen molar-refractivity contribution in [2.75, 3.05) is 0 Å². The summed E-state index contributed by atoms with van der Waals surface area (Å²) in [7, 11) is 0. The molecular formula is C40H78O2. The van der Waals surface area contributed by atoms with Crippen LogP contribution in [0.4, 0.5) is 0 Å². The standard InChI is InChI=1S/C40H78O2/c1-31(2)17-11-19-33(5)21-13-23-35(7)25-15-27-37(9)29-39(41)40(42)30-38(10)28-16-26-36(8)24-14-22-34(6)20-12-18-32(3)4/h29-36,39-42H,11-28H2,1-10H3/b37-29+,38-30+/t33-,34-,35-,36-,39?,40?/m1/s1. The van der Waals surface area contributed by atoms with E-state index < -0.39 is 12.2 Å². The summed E-state index contributed by atoms with van der Waals surface area (Å²) in [4.78, 5) is 0. The minimum atomic E-state index is -0.809. The predicted molar refractivity (Wildman–Crippen MR) is 189 cm³/mol. The summed E-state index contributed by atoms with van der Waals surface area (Å²) in [5.41, 5.74) is 2.39. The Morgan fingerprint density at radius 1 is 0.405 bits per heavy atom.